The van der Waals surface area contributed by atoms with Crippen molar-refractivity contribution in [2.45, 2.75) is 6.92 Å². The average molecular weight is 559 g/mol. The molecule has 0 saturated carbocycles. The SMILES string of the molecule is Cc1ccc2c(oc3c(-c4nc(-c5ccccc5)nc(-c5ccccc5)n4)cccc32)c1-c1n(C)c2ccccc2[n+]1C. The van der Waals surface area contributed by atoms with Crippen LogP contribution < -0.4 is 4.57 Å². The van der Waals surface area contributed by atoms with Gasteiger partial charge in [-0.2, -0.15) is 0 Å². The van der Waals surface area contributed by atoms with E-state index in [1.165, 1.54) is 11.0 Å². The lowest BCUT2D eigenvalue weighted by Crippen LogP contribution is -2.30. The molecule has 0 N–H and O–H groups in total. The fourth-order valence-electron chi connectivity index (χ4n) is 6.16. The molecule has 5 aromatic carbocycles. The normalized spacial score (nSPS) is 11.6. The van der Waals surface area contributed by atoms with Gasteiger partial charge in [0.15, 0.2) is 34.1 Å². The van der Waals surface area contributed by atoms with Crippen LogP contribution in [0.25, 0.3) is 78.5 Å². The monoisotopic (exact) mass is 558 g/mol. The van der Waals surface area contributed by atoms with E-state index < -0.39 is 0 Å². The van der Waals surface area contributed by atoms with Crippen LogP contribution in [0, 0.1) is 6.92 Å². The van der Waals surface area contributed by atoms with Gasteiger partial charge in [0.25, 0.3) is 5.82 Å². The summed E-state index contributed by atoms with van der Waals surface area (Å²) in [6.45, 7) is 2.14. The Bertz CT molecular complexity index is 2220. The molecular weight excluding hydrogens is 530 g/mol. The third kappa shape index (κ3) is 3.95. The van der Waals surface area contributed by atoms with Gasteiger partial charge in [0.05, 0.1) is 19.7 Å². The Kier molecular flexibility index (Phi) is 5.69. The van der Waals surface area contributed by atoms with Crippen molar-refractivity contribution in [1.29, 1.82) is 0 Å². The molecule has 43 heavy (non-hydrogen) atoms. The van der Waals surface area contributed by atoms with Gasteiger partial charge < -0.3 is 4.42 Å². The zero-order chi connectivity index (χ0) is 29.1. The quantitative estimate of drug-likeness (QED) is 0.205. The second-order valence-corrected chi connectivity index (χ2v) is 10.9. The minimum atomic E-state index is 0.575. The van der Waals surface area contributed by atoms with Crippen LogP contribution in [0.3, 0.4) is 0 Å². The Labute approximate surface area is 248 Å². The molecule has 0 unspecified atom stereocenters. The summed E-state index contributed by atoms with van der Waals surface area (Å²) in [4.78, 5) is 14.8. The highest BCUT2D eigenvalue weighted by Gasteiger charge is 2.28. The molecule has 0 amide bonds. The van der Waals surface area contributed by atoms with Crippen LogP contribution in [0.15, 0.2) is 120 Å². The molecule has 8 rings (SSSR count). The summed E-state index contributed by atoms with van der Waals surface area (Å²) in [6, 6.07) is 39.1. The first kappa shape index (κ1) is 25.1. The van der Waals surface area contributed by atoms with Gasteiger partial charge in [0.2, 0.25) is 0 Å². The molecular formula is C37H28N5O+. The van der Waals surface area contributed by atoms with Gasteiger partial charge >= 0.3 is 0 Å². The minimum Gasteiger partial charge on any atom is -0.454 e. The number of aryl methyl sites for hydroxylation is 3. The topological polar surface area (TPSA) is 60.6 Å². The molecule has 0 atom stereocenters. The van der Waals surface area contributed by atoms with Crippen molar-refractivity contribution in [2.24, 2.45) is 14.1 Å². The summed E-state index contributed by atoms with van der Waals surface area (Å²) in [5.74, 6) is 2.90. The molecule has 0 saturated heterocycles. The fraction of sp³-hybridized carbons (Fsp3) is 0.0811. The number of aromatic nitrogens is 5. The largest absolute Gasteiger partial charge is 0.454 e. The van der Waals surface area contributed by atoms with Crippen LogP contribution in [0.4, 0.5) is 0 Å². The Balaban J connectivity index is 1.40. The maximum Gasteiger partial charge on any atom is 0.293 e. The predicted octanol–water partition coefficient (Wildman–Crippen LogP) is 8.06. The van der Waals surface area contributed by atoms with Crippen molar-refractivity contribution in [2.75, 3.05) is 0 Å². The second-order valence-electron chi connectivity index (χ2n) is 10.9. The lowest BCUT2D eigenvalue weighted by Gasteiger charge is -2.08. The van der Waals surface area contributed by atoms with Crippen molar-refractivity contribution >= 4 is 33.0 Å². The van der Waals surface area contributed by atoms with Gasteiger partial charge in [0.1, 0.15) is 11.1 Å². The summed E-state index contributed by atoms with van der Waals surface area (Å²) in [7, 11) is 4.23. The molecule has 0 bridgehead atoms. The number of nitrogens with zero attached hydrogens (tertiary/aromatic N) is 5. The van der Waals surface area contributed by atoms with E-state index in [4.69, 9.17) is 19.4 Å². The van der Waals surface area contributed by atoms with Gasteiger partial charge in [-0.15, -0.1) is 0 Å². The van der Waals surface area contributed by atoms with Crippen LogP contribution in [0.5, 0.6) is 0 Å². The standard InChI is InChI=1S/C37H28N5O/c1-23-21-22-27-26-17-12-18-28(32(26)43-33(27)31(23)37-41(2)29-19-10-11-20-30(29)42(37)3)36-39-34(24-13-6-4-7-14-24)38-35(40-36)25-15-8-5-9-16-25/h4-22H,1-3H3/q+1. The minimum absolute atomic E-state index is 0.575. The fourth-order valence-corrected chi connectivity index (χ4v) is 6.16. The zero-order valence-corrected chi connectivity index (χ0v) is 24.1. The summed E-state index contributed by atoms with van der Waals surface area (Å²) >= 11 is 0. The molecule has 6 heteroatoms. The number of hydrogen-bond donors (Lipinski definition) is 0. The molecule has 0 aliphatic rings. The Morgan fingerprint density at radius 1 is 0.605 bits per heavy atom. The molecule has 0 aliphatic heterocycles. The van der Waals surface area contributed by atoms with Crippen LogP contribution >= 0.6 is 0 Å². The number of benzene rings is 5. The highest BCUT2D eigenvalue weighted by molar-refractivity contribution is 6.12. The van der Waals surface area contributed by atoms with E-state index in [9.17, 15) is 0 Å². The Morgan fingerprint density at radius 3 is 1.88 bits per heavy atom. The molecule has 8 aromatic rings. The van der Waals surface area contributed by atoms with Crippen LogP contribution in [-0.4, -0.2) is 19.5 Å². The predicted molar refractivity (Wildman–Crippen MR) is 171 cm³/mol. The smallest absolute Gasteiger partial charge is 0.293 e. The Morgan fingerprint density at radius 2 is 1.21 bits per heavy atom. The summed E-state index contributed by atoms with van der Waals surface area (Å²) < 4.78 is 11.4. The van der Waals surface area contributed by atoms with E-state index in [2.05, 4.69) is 78.7 Å². The van der Waals surface area contributed by atoms with E-state index in [0.29, 0.717) is 17.5 Å². The van der Waals surface area contributed by atoms with Gasteiger partial charge in [-0.3, -0.25) is 0 Å². The molecule has 3 aromatic heterocycles. The first-order chi connectivity index (χ1) is 21.1. The average Bonchev–Trinajstić information content (AvgIpc) is 3.56. The molecule has 0 radical (unpaired) electrons. The number of rotatable bonds is 4. The maximum atomic E-state index is 6.87. The molecule has 0 spiro atoms. The van der Waals surface area contributed by atoms with Crippen LogP contribution in [-0.2, 0) is 14.1 Å². The summed E-state index contributed by atoms with van der Waals surface area (Å²) in [5.41, 5.74) is 8.86. The first-order valence-electron chi connectivity index (χ1n) is 14.3. The van der Waals surface area contributed by atoms with Crippen LogP contribution in [0.1, 0.15) is 5.56 Å². The third-order valence-electron chi connectivity index (χ3n) is 8.28. The van der Waals surface area contributed by atoms with E-state index >= 15 is 0 Å². The van der Waals surface area contributed by atoms with Crippen molar-refractivity contribution in [1.82, 2.24) is 19.5 Å². The zero-order valence-electron chi connectivity index (χ0n) is 24.1. The number of fused-ring (bicyclic) bond motifs is 4. The molecule has 0 fully saturated rings. The lowest BCUT2D eigenvalue weighted by molar-refractivity contribution is -0.634. The first-order valence-corrected chi connectivity index (χ1v) is 14.3. The Hall–Kier alpha value is -5.62. The molecule has 206 valence electrons. The van der Waals surface area contributed by atoms with Gasteiger partial charge in [-0.25, -0.2) is 24.1 Å². The van der Waals surface area contributed by atoms with E-state index in [0.717, 1.165) is 55.6 Å². The molecule has 6 nitrogen and oxygen atoms in total. The summed E-state index contributed by atoms with van der Waals surface area (Å²) in [5, 5.41) is 2.08. The van der Waals surface area contributed by atoms with Crippen molar-refractivity contribution < 1.29 is 8.98 Å². The van der Waals surface area contributed by atoms with Crippen molar-refractivity contribution in [3.05, 3.63) is 121 Å². The van der Waals surface area contributed by atoms with Crippen LogP contribution in [0.2, 0.25) is 0 Å². The van der Waals surface area contributed by atoms with E-state index in [1.54, 1.807) is 0 Å². The highest BCUT2D eigenvalue weighted by Crippen LogP contribution is 2.41. The van der Waals surface area contributed by atoms with E-state index in [1.807, 2.05) is 66.7 Å². The van der Waals surface area contributed by atoms with E-state index in [-0.39, 0.29) is 0 Å². The third-order valence-corrected chi connectivity index (χ3v) is 8.28. The number of furan rings is 1. The molecule has 3 heterocycles. The van der Waals surface area contributed by atoms with Gasteiger partial charge in [0, 0.05) is 21.9 Å². The summed E-state index contributed by atoms with van der Waals surface area (Å²) in [6.07, 6.45) is 0. The number of hydrogen-bond acceptors (Lipinski definition) is 4. The van der Waals surface area contributed by atoms with Crippen molar-refractivity contribution in [3.63, 3.8) is 0 Å². The number of imidazole rings is 1. The van der Waals surface area contributed by atoms with Gasteiger partial charge in [-0.05, 0) is 30.7 Å². The maximum absolute atomic E-state index is 6.87. The van der Waals surface area contributed by atoms with Crippen molar-refractivity contribution in [3.8, 4) is 45.6 Å². The number of para-hydroxylation sites is 3. The lowest BCUT2D eigenvalue weighted by atomic mass is 10.0. The van der Waals surface area contributed by atoms with Gasteiger partial charge in [-0.1, -0.05) is 97.1 Å². The molecule has 0 aliphatic carbocycles. The second kappa shape index (κ2) is 9.74. The highest BCUT2D eigenvalue weighted by atomic mass is 16.3.